The first-order valence-corrected chi connectivity index (χ1v) is 20.3. The Balaban J connectivity index is 1.08. The van der Waals surface area contributed by atoms with E-state index in [1.807, 2.05) is 12.1 Å². The molecule has 2 atom stereocenters. The summed E-state index contributed by atoms with van der Waals surface area (Å²) in [7, 11) is 2.18. The predicted molar refractivity (Wildman–Crippen MR) is 240 cm³/mol. The zero-order valence-electron chi connectivity index (χ0n) is 32.6. The second-order valence-electron chi connectivity index (χ2n) is 15.5. The number of aliphatic imine (C=N–C) groups is 2. The van der Waals surface area contributed by atoms with Crippen LogP contribution >= 0.6 is 0 Å². The van der Waals surface area contributed by atoms with E-state index in [0.717, 1.165) is 72.5 Å². The first kappa shape index (κ1) is 36.1. The maximum atomic E-state index is 5.24. The van der Waals surface area contributed by atoms with Crippen LogP contribution in [-0.2, 0) is 0 Å². The average Bonchev–Trinajstić information content (AvgIpc) is 3.54. The Kier molecular flexibility index (Phi) is 10.3. The highest BCUT2D eigenvalue weighted by atomic mass is 15.2. The maximum absolute atomic E-state index is 5.24. The summed E-state index contributed by atoms with van der Waals surface area (Å²) in [6.45, 7) is 4.53. The van der Waals surface area contributed by atoms with Gasteiger partial charge in [0.1, 0.15) is 11.7 Å². The van der Waals surface area contributed by atoms with Gasteiger partial charge in [0.2, 0.25) is 0 Å². The molecule has 0 amide bonds. The minimum atomic E-state index is -0.328. The summed E-state index contributed by atoms with van der Waals surface area (Å²) in [5.41, 5.74) is 15.8. The molecule has 0 radical (unpaired) electrons. The molecule has 4 heteroatoms. The van der Waals surface area contributed by atoms with Crippen LogP contribution in [0.3, 0.4) is 0 Å². The standard InChI is InChI=1S/C53H48N4/c1-37-29-45(35-49(30-37)50-28-27-44(36-57(50)2)38-17-7-3-8-18-38)48-33-46(39-19-9-4-10-20-39)32-47(34-48)42-25-15-16-26-43(31-42)53-55-51(40-21-11-5-12-22-40)54-52(56-53)41-23-13-6-14-24-41/h3,5-9,11-14,17-24,26-28,30-36,50-51H,1,4,10,15-16,25,29H2,2H3,(H,54,55,56). The molecule has 4 nitrogen and oxygen atoms in total. The molecule has 0 saturated carbocycles. The highest BCUT2D eigenvalue weighted by Gasteiger charge is 2.24. The monoisotopic (exact) mass is 740 g/mol. The molecule has 9 rings (SSSR count). The summed E-state index contributed by atoms with van der Waals surface area (Å²) in [4.78, 5) is 12.7. The lowest BCUT2D eigenvalue weighted by molar-refractivity contribution is 0.425. The van der Waals surface area contributed by atoms with Gasteiger partial charge < -0.3 is 10.2 Å². The van der Waals surface area contributed by atoms with Gasteiger partial charge in [0, 0.05) is 24.4 Å². The van der Waals surface area contributed by atoms with Crippen LogP contribution in [0.25, 0.3) is 22.3 Å². The lowest BCUT2D eigenvalue weighted by Crippen LogP contribution is -2.36. The first-order valence-electron chi connectivity index (χ1n) is 20.3. The molecular weight excluding hydrogens is 693 g/mol. The van der Waals surface area contributed by atoms with Crippen LogP contribution in [0.4, 0.5) is 0 Å². The molecule has 0 fully saturated rings. The summed E-state index contributed by atoms with van der Waals surface area (Å²) in [5.74, 6) is 1.70. The Labute approximate surface area is 337 Å². The van der Waals surface area contributed by atoms with Gasteiger partial charge in [0.25, 0.3) is 0 Å². The van der Waals surface area contributed by atoms with Crippen molar-refractivity contribution in [2.75, 3.05) is 7.05 Å². The van der Waals surface area contributed by atoms with Crippen molar-refractivity contribution in [3.63, 3.8) is 0 Å². The minimum absolute atomic E-state index is 0.126. The van der Waals surface area contributed by atoms with Crippen LogP contribution in [0.1, 0.15) is 78.1 Å². The van der Waals surface area contributed by atoms with E-state index in [-0.39, 0.29) is 12.2 Å². The van der Waals surface area contributed by atoms with Crippen molar-refractivity contribution in [2.24, 2.45) is 9.98 Å². The number of nitrogens with one attached hydrogen (secondary N) is 1. The molecule has 4 aromatic carbocycles. The third kappa shape index (κ3) is 8.08. The molecule has 57 heavy (non-hydrogen) atoms. The van der Waals surface area contributed by atoms with E-state index in [1.165, 1.54) is 50.1 Å². The molecule has 280 valence electrons. The number of likely N-dealkylation sites (N-methyl/N-ethyl adjacent to an activating group) is 1. The number of allylic oxidation sites excluding steroid dienone is 11. The van der Waals surface area contributed by atoms with Crippen molar-refractivity contribution in [2.45, 2.75) is 50.7 Å². The fourth-order valence-electron chi connectivity index (χ4n) is 8.37. The van der Waals surface area contributed by atoms with Crippen LogP contribution in [0.15, 0.2) is 203 Å². The number of benzene rings is 4. The molecule has 5 aliphatic rings. The highest BCUT2D eigenvalue weighted by molar-refractivity contribution is 6.17. The van der Waals surface area contributed by atoms with E-state index >= 15 is 0 Å². The van der Waals surface area contributed by atoms with E-state index in [0.29, 0.717) is 0 Å². The summed E-state index contributed by atoms with van der Waals surface area (Å²) in [5, 5.41) is 3.65. The fraction of sp³-hybridized carbons (Fsp3) is 0.170. The number of amidine groups is 2. The Morgan fingerprint density at radius 1 is 0.632 bits per heavy atom. The smallest absolute Gasteiger partial charge is 0.169 e. The number of hydrogen-bond donors (Lipinski definition) is 1. The average molecular weight is 741 g/mol. The van der Waals surface area contributed by atoms with Crippen molar-refractivity contribution in [1.82, 2.24) is 10.2 Å². The predicted octanol–water partition coefficient (Wildman–Crippen LogP) is 12.2. The fourth-order valence-corrected chi connectivity index (χ4v) is 8.37. The molecular formula is C53H48N4. The maximum Gasteiger partial charge on any atom is 0.169 e. The number of nitrogens with zero attached hydrogens (tertiary/aromatic N) is 3. The Morgan fingerprint density at radius 3 is 2.05 bits per heavy atom. The van der Waals surface area contributed by atoms with Gasteiger partial charge in [-0.2, -0.15) is 0 Å². The zero-order chi connectivity index (χ0) is 38.6. The van der Waals surface area contributed by atoms with Gasteiger partial charge in [0.05, 0.1) is 6.04 Å². The SMILES string of the molecule is C=C1C=C(C2C=CC(c3ccccc3)=CN2C)C=C(c2cc(C3=CCCC=C3)cc(C3=CC(C4=NC(c5ccccc5)N=C(c5ccccc5)N4)=CCCC3)c2)C1. The Hall–Kier alpha value is -6.52. The number of hydrogen-bond acceptors (Lipinski definition) is 4. The second-order valence-corrected chi connectivity index (χ2v) is 15.5. The largest absolute Gasteiger partial charge is 0.369 e. The topological polar surface area (TPSA) is 40.0 Å². The molecule has 2 heterocycles. The molecule has 0 spiro atoms. The van der Waals surface area contributed by atoms with Crippen LogP contribution in [0, 0.1) is 0 Å². The number of rotatable bonds is 8. The third-order valence-corrected chi connectivity index (χ3v) is 11.3. The molecule has 2 aliphatic heterocycles. The van der Waals surface area contributed by atoms with Gasteiger partial charge in [0.15, 0.2) is 6.17 Å². The van der Waals surface area contributed by atoms with E-state index in [1.54, 1.807) is 0 Å². The van der Waals surface area contributed by atoms with E-state index in [2.05, 4.69) is 182 Å². The van der Waals surface area contributed by atoms with Crippen LogP contribution in [0.2, 0.25) is 0 Å². The van der Waals surface area contributed by atoms with Gasteiger partial charge in [-0.25, -0.2) is 9.98 Å². The van der Waals surface area contributed by atoms with Gasteiger partial charge in [-0.15, -0.1) is 0 Å². The lowest BCUT2D eigenvalue weighted by Gasteiger charge is -2.31. The van der Waals surface area contributed by atoms with Gasteiger partial charge in [-0.3, -0.25) is 0 Å². The van der Waals surface area contributed by atoms with Crippen molar-refractivity contribution >= 4 is 34.0 Å². The van der Waals surface area contributed by atoms with Gasteiger partial charge in [-0.1, -0.05) is 152 Å². The summed E-state index contributed by atoms with van der Waals surface area (Å²) in [6.07, 6.45) is 28.9. The van der Waals surface area contributed by atoms with Crippen molar-refractivity contribution in [1.29, 1.82) is 0 Å². The van der Waals surface area contributed by atoms with Crippen molar-refractivity contribution < 1.29 is 0 Å². The van der Waals surface area contributed by atoms with E-state index in [9.17, 15) is 0 Å². The minimum Gasteiger partial charge on any atom is -0.369 e. The van der Waals surface area contributed by atoms with Crippen molar-refractivity contribution in [3.8, 4) is 0 Å². The van der Waals surface area contributed by atoms with E-state index in [4.69, 9.17) is 9.98 Å². The first-order chi connectivity index (χ1) is 28.0. The van der Waals surface area contributed by atoms with Crippen LogP contribution < -0.4 is 5.32 Å². The molecule has 2 unspecified atom stereocenters. The molecule has 0 bridgehead atoms. The summed E-state index contributed by atoms with van der Waals surface area (Å²) in [6, 6.07) is 38.7. The van der Waals surface area contributed by atoms with Gasteiger partial charge >= 0.3 is 0 Å². The zero-order valence-corrected chi connectivity index (χ0v) is 32.6. The van der Waals surface area contributed by atoms with Crippen LogP contribution in [0.5, 0.6) is 0 Å². The lowest BCUT2D eigenvalue weighted by atomic mass is 9.84. The molecule has 1 N–H and O–H groups in total. The summed E-state index contributed by atoms with van der Waals surface area (Å²) >= 11 is 0. The van der Waals surface area contributed by atoms with E-state index < -0.39 is 0 Å². The van der Waals surface area contributed by atoms with Crippen molar-refractivity contribution in [3.05, 3.63) is 227 Å². The highest BCUT2D eigenvalue weighted by Crippen LogP contribution is 2.38. The quantitative estimate of drug-likeness (QED) is 0.195. The molecule has 3 aliphatic carbocycles. The second kappa shape index (κ2) is 16.3. The molecule has 0 aromatic heterocycles. The third-order valence-electron chi connectivity index (χ3n) is 11.3. The van der Waals surface area contributed by atoms with Crippen LogP contribution in [-0.4, -0.2) is 29.7 Å². The normalized spacial score (nSPS) is 20.8. The molecule has 4 aromatic rings. The molecule has 0 saturated heterocycles. The summed E-state index contributed by atoms with van der Waals surface area (Å²) < 4.78 is 0. The Bertz CT molecular complexity index is 2500. The Morgan fingerprint density at radius 2 is 1.32 bits per heavy atom. The van der Waals surface area contributed by atoms with Gasteiger partial charge in [-0.05, 0) is 118 Å².